The summed E-state index contributed by atoms with van der Waals surface area (Å²) in [7, 11) is 0. The molecule has 6 heteroatoms. The van der Waals surface area contributed by atoms with Crippen LogP contribution in [0, 0.1) is 12.7 Å². The van der Waals surface area contributed by atoms with Crippen LogP contribution in [0.2, 0.25) is 0 Å². The second-order valence-electron chi connectivity index (χ2n) is 3.77. The molecular formula is C12H11FN2O3. The first-order chi connectivity index (χ1) is 8.56. The number of aryl methyl sites for hydroxylation is 1. The summed E-state index contributed by atoms with van der Waals surface area (Å²) in [4.78, 5) is 11.7. The summed E-state index contributed by atoms with van der Waals surface area (Å²) in [5, 5.41) is 15.7. The number of carbonyl (C=O) groups is 1. The van der Waals surface area contributed by atoms with Gasteiger partial charge in [-0.15, -0.1) is 0 Å². The van der Waals surface area contributed by atoms with Gasteiger partial charge >= 0.3 is 0 Å². The van der Waals surface area contributed by atoms with E-state index in [1.165, 1.54) is 6.07 Å². The van der Waals surface area contributed by atoms with E-state index in [1.807, 2.05) is 0 Å². The summed E-state index contributed by atoms with van der Waals surface area (Å²) in [5.74, 6) is -0.864. The maximum Gasteiger partial charge on any atom is 0.255 e. The highest BCUT2D eigenvalue weighted by atomic mass is 19.1. The molecule has 0 aliphatic rings. The van der Waals surface area contributed by atoms with Crippen molar-refractivity contribution in [1.29, 1.82) is 0 Å². The van der Waals surface area contributed by atoms with Gasteiger partial charge in [0.25, 0.3) is 5.91 Å². The third-order valence-corrected chi connectivity index (χ3v) is 2.31. The number of phenols is 1. The number of aromatic nitrogens is 1. The van der Waals surface area contributed by atoms with Crippen molar-refractivity contribution >= 4 is 5.91 Å². The Morgan fingerprint density at radius 1 is 1.50 bits per heavy atom. The van der Waals surface area contributed by atoms with E-state index in [0.29, 0.717) is 11.5 Å². The van der Waals surface area contributed by atoms with Gasteiger partial charge in [-0.3, -0.25) is 4.79 Å². The largest absolute Gasteiger partial charge is 0.507 e. The average Bonchev–Trinajstić information content (AvgIpc) is 2.72. The molecule has 0 saturated heterocycles. The summed E-state index contributed by atoms with van der Waals surface area (Å²) in [6.45, 7) is 1.91. The van der Waals surface area contributed by atoms with Crippen molar-refractivity contribution in [2.75, 3.05) is 0 Å². The molecule has 94 valence electrons. The molecule has 2 N–H and O–H groups in total. The van der Waals surface area contributed by atoms with E-state index in [2.05, 4.69) is 10.5 Å². The molecule has 5 nitrogen and oxygen atoms in total. The molecular weight excluding hydrogens is 239 g/mol. The van der Waals surface area contributed by atoms with Gasteiger partial charge in [0.15, 0.2) is 0 Å². The Bertz CT molecular complexity index is 580. The molecule has 0 unspecified atom stereocenters. The predicted octanol–water partition coefficient (Wildman–Crippen LogP) is 1.76. The zero-order chi connectivity index (χ0) is 13.1. The van der Waals surface area contributed by atoms with E-state index in [1.54, 1.807) is 13.0 Å². The van der Waals surface area contributed by atoms with Crippen LogP contribution in [-0.4, -0.2) is 16.2 Å². The molecule has 2 aromatic rings. The number of aromatic hydroxyl groups is 1. The molecule has 1 aromatic heterocycles. The van der Waals surface area contributed by atoms with Crippen molar-refractivity contribution in [3.63, 3.8) is 0 Å². The lowest BCUT2D eigenvalue weighted by atomic mass is 10.2. The molecule has 0 aliphatic heterocycles. The van der Waals surface area contributed by atoms with Gasteiger partial charge in [0.2, 0.25) is 0 Å². The molecule has 1 aromatic carbocycles. The molecule has 2 rings (SSSR count). The Balaban J connectivity index is 2.03. The third kappa shape index (κ3) is 2.65. The zero-order valence-electron chi connectivity index (χ0n) is 9.61. The van der Waals surface area contributed by atoms with Crippen LogP contribution in [0.1, 0.15) is 21.8 Å². The van der Waals surface area contributed by atoms with E-state index in [-0.39, 0.29) is 12.1 Å². The number of amides is 1. The van der Waals surface area contributed by atoms with E-state index in [0.717, 1.165) is 12.1 Å². The number of carbonyl (C=O) groups excluding carboxylic acids is 1. The number of halogens is 1. The second-order valence-corrected chi connectivity index (χ2v) is 3.77. The van der Waals surface area contributed by atoms with E-state index >= 15 is 0 Å². The summed E-state index contributed by atoms with van der Waals surface area (Å²) < 4.78 is 17.6. The number of nitrogens with one attached hydrogen (secondary N) is 1. The standard InChI is InChI=1S/C12H11FN2O3/c1-7-4-9(15-18-7)6-14-12(17)10-3-2-8(13)5-11(10)16/h2-5,16H,6H2,1H3,(H,14,17). The van der Waals surface area contributed by atoms with Gasteiger partial charge in [0.1, 0.15) is 23.0 Å². The van der Waals surface area contributed by atoms with Gasteiger partial charge in [-0.2, -0.15) is 0 Å². The van der Waals surface area contributed by atoms with Crippen molar-refractivity contribution < 1.29 is 18.8 Å². The molecule has 18 heavy (non-hydrogen) atoms. The maximum atomic E-state index is 12.8. The lowest BCUT2D eigenvalue weighted by Crippen LogP contribution is -2.23. The van der Waals surface area contributed by atoms with E-state index < -0.39 is 17.5 Å². The van der Waals surface area contributed by atoms with Gasteiger partial charge in [0.05, 0.1) is 12.1 Å². The highest BCUT2D eigenvalue weighted by Gasteiger charge is 2.12. The van der Waals surface area contributed by atoms with Crippen molar-refractivity contribution in [3.8, 4) is 5.75 Å². The lowest BCUT2D eigenvalue weighted by Gasteiger charge is -2.05. The normalized spacial score (nSPS) is 10.3. The Morgan fingerprint density at radius 3 is 2.89 bits per heavy atom. The summed E-state index contributed by atoms with van der Waals surface area (Å²) in [6, 6.07) is 4.89. The fourth-order valence-electron chi connectivity index (χ4n) is 1.46. The van der Waals surface area contributed by atoms with Crippen LogP contribution in [0.15, 0.2) is 28.8 Å². The predicted molar refractivity (Wildman–Crippen MR) is 60.5 cm³/mol. The van der Waals surface area contributed by atoms with Gasteiger partial charge in [0, 0.05) is 12.1 Å². The van der Waals surface area contributed by atoms with Crippen LogP contribution in [-0.2, 0) is 6.54 Å². The average molecular weight is 250 g/mol. The number of nitrogens with zero attached hydrogens (tertiary/aromatic N) is 1. The van der Waals surface area contributed by atoms with Gasteiger partial charge < -0.3 is 14.9 Å². The summed E-state index contributed by atoms with van der Waals surface area (Å²) in [5.41, 5.74) is 0.582. The number of hydrogen-bond acceptors (Lipinski definition) is 4. The van der Waals surface area contributed by atoms with Crippen LogP contribution in [0.4, 0.5) is 4.39 Å². The van der Waals surface area contributed by atoms with Crippen molar-refractivity contribution in [1.82, 2.24) is 10.5 Å². The number of rotatable bonds is 3. The highest BCUT2D eigenvalue weighted by Crippen LogP contribution is 2.17. The molecule has 1 amide bonds. The summed E-state index contributed by atoms with van der Waals surface area (Å²) in [6.07, 6.45) is 0. The lowest BCUT2D eigenvalue weighted by molar-refractivity contribution is 0.0947. The fraction of sp³-hybridized carbons (Fsp3) is 0.167. The first-order valence-corrected chi connectivity index (χ1v) is 5.25. The van der Waals surface area contributed by atoms with Crippen molar-refractivity contribution in [3.05, 3.63) is 47.1 Å². The van der Waals surface area contributed by atoms with Crippen molar-refractivity contribution in [2.45, 2.75) is 13.5 Å². The second kappa shape index (κ2) is 4.87. The molecule has 0 bridgehead atoms. The minimum absolute atomic E-state index is 0.0108. The van der Waals surface area contributed by atoms with Crippen LogP contribution in [0.5, 0.6) is 5.75 Å². The topological polar surface area (TPSA) is 75.4 Å². The Hall–Kier alpha value is -2.37. The van der Waals surface area contributed by atoms with Crippen LogP contribution < -0.4 is 5.32 Å². The fourth-order valence-corrected chi connectivity index (χ4v) is 1.46. The quantitative estimate of drug-likeness (QED) is 0.870. The monoisotopic (exact) mass is 250 g/mol. The molecule has 0 aliphatic carbocycles. The van der Waals surface area contributed by atoms with Gasteiger partial charge in [-0.25, -0.2) is 4.39 Å². The zero-order valence-corrected chi connectivity index (χ0v) is 9.61. The number of hydrogen-bond donors (Lipinski definition) is 2. The van der Waals surface area contributed by atoms with Crippen LogP contribution >= 0.6 is 0 Å². The molecule has 0 radical (unpaired) electrons. The number of benzene rings is 1. The maximum absolute atomic E-state index is 12.8. The van der Waals surface area contributed by atoms with Gasteiger partial charge in [-0.05, 0) is 19.1 Å². The Kier molecular flexibility index (Phi) is 3.27. The Morgan fingerprint density at radius 2 is 2.28 bits per heavy atom. The smallest absolute Gasteiger partial charge is 0.255 e. The molecule has 0 saturated carbocycles. The van der Waals surface area contributed by atoms with E-state index in [9.17, 15) is 14.3 Å². The first-order valence-electron chi connectivity index (χ1n) is 5.25. The SMILES string of the molecule is Cc1cc(CNC(=O)c2ccc(F)cc2O)no1. The molecule has 0 spiro atoms. The van der Waals surface area contributed by atoms with Crippen LogP contribution in [0.25, 0.3) is 0 Å². The summed E-state index contributed by atoms with van der Waals surface area (Å²) >= 11 is 0. The molecule has 0 fully saturated rings. The van der Waals surface area contributed by atoms with Gasteiger partial charge in [-0.1, -0.05) is 5.16 Å². The van der Waals surface area contributed by atoms with Crippen LogP contribution in [0.3, 0.4) is 0 Å². The molecule has 1 heterocycles. The minimum Gasteiger partial charge on any atom is -0.507 e. The van der Waals surface area contributed by atoms with E-state index in [4.69, 9.17) is 4.52 Å². The molecule has 0 atom stereocenters. The Labute approximate surface area is 102 Å². The van der Waals surface area contributed by atoms with Crippen molar-refractivity contribution in [2.24, 2.45) is 0 Å². The minimum atomic E-state index is -0.601. The first kappa shape index (κ1) is 12.1. The third-order valence-electron chi connectivity index (χ3n) is 2.31. The number of phenolic OH excluding ortho intramolecular Hbond substituents is 1. The highest BCUT2D eigenvalue weighted by molar-refractivity contribution is 5.96.